The van der Waals surface area contributed by atoms with Gasteiger partial charge in [0.2, 0.25) is 0 Å². The minimum Gasteiger partial charge on any atom is -0.496 e. The summed E-state index contributed by atoms with van der Waals surface area (Å²) in [4.78, 5) is 31.2. The van der Waals surface area contributed by atoms with Crippen molar-refractivity contribution in [1.29, 1.82) is 0 Å². The van der Waals surface area contributed by atoms with Crippen molar-refractivity contribution in [1.82, 2.24) is 0 Å². The normalized spacial score (nSPS) is 9.71. The van der Waals surface area contributed by atoms with Crippen LogP contribution in [0.4, 0.5) is 5.69 Å². The number of carboxylic acids is 1. The summed E-state index contributed by atoms with van der Waals surface area (Å²) in [5.41, 5.74) is -0.435. The van der Waals surface area contributed by atoms with Crippen molar-refractivity contribution in [3.63, 3.8) is 0 Å². The lowest BCUT2D eigenvalue weighted by molar-refractivity contribution is -0.385. The van der Waals surface area contributed by atoms with E-state index in [2.05, 4.69) is 0 Å². The Kier molecular flexibility index (Phi) is 3.76. The number of hydrogen-bond donors (Lipinski definition) is 1. The lowest BCUT2D eigenvalue weighted by Crippen LogP contribution is -2.05. The summed E-state index contributed by atoms with van der Waals surface area (Å²) in [6.45, 7) is 0. The number of carboxylic acid groups (broad SMARTS) is 1. The Hall–Kier alpha value is -2.44. The molecule has 0 bridgehead atoms. The maximum Gasteiger partial charge on any atom is 0.307 e. The Morgan fingerprint density at radius 2 is 2.24 bits per heavy atom. The molecule has 0 saturated heterocycles. The topological polar surface area (TPSA) is 107 Å². The number of carbonyl (C=O) groups is 2. The number of benzene rings is 1. The molecule has 0 aromatic heterocycles. The standard InChI is InChI=1S/C10H9NO6/c1-17-9-3-7(5-12)8(11(15)16)2-6(9)4-10(13)14/h2-3,5H,4H2,1H3,(H,13,14). The quantitative estimate of drug-likeness (QED) is 0.467. The van der Waals surface area contributed by atoms with Crippen LogP contribution >= 0.6 is 0 Å². The molecule has 17 heavy (non-hydrogen) atoms. The summed E-state index contributed by atoms with van der Waals surface area (Å²) >= 11 is 0. The molecule has 0 fully saturated rings. The van der Waals surface area contributed by atoms with Gasteiger partial charge in [0.25, 0.3) is 5.69 Å². The van der Waals surface area contributed by atoms with E-state index in [1.54, 1.807) is 0 Å². The molecule has 0 unspecified atom stereocenters. The van der Waals surface area contributed by atoms with Crippen molar-refractivity contribution in [3.05, 3.63) is 33.4 Å². The molecule has 1 aromatic carbocycles. The lowest BCUT2D eigenvalue weighted by Gasteiger charge is -2.07. The zero-order chi connectivity index (χ0) is 13.0. The molecule has 1 aromatic rings. The van der Waals surface area contributed by atoms with Gasteiger partial charge in [-0.1, -0.05) is 0 Å². The van der Waals surface area contributed by atoms with Crippen molar-refractivity contribution >= 4 is 17.9 Å². The Morgan fingerprint density at radius 3 is 2.65 bits per heavy atom. The van der Waals surface area contributed by atoms with Crippen molar-refractivity contribution < 1.29 is 24.4 Å². The first kappa shape index (κ1) is 12.6. The minimum atomic E-state index is -1.14. The van der Waals surface area contributed by atoms with Crippen LogP contribution in [0.25, 0.3) is 0 Å². The van der Waals surface area contributed by atoms with Crippen molar-refractivity contribution in [2.45, 2.75) is 6.42 Å². The molecule has 90 valence electrons. The number of nitro groups is 1. The fraction of sp³-hybridized carbons (Fsp3) is 0.200. The average molecular weight is 239 g/mol. The first-order valence-corrected chi connectivity index (χ1v) is 4.52. The number of rotatable bonds is 5. The number of hydrogen-bond acceptors (Lipinski definition) is 5. The molecule has 0 saturated carbocycles. The molecular weight excluding hydrogens is 230 g/mol. The highest BCUT2D eigenvalue weighted by atomic mass is 16.6. The minimum absolute atomic E-state index is 0.139. The number of aliphatic carboxylic acids is 1. The molecule has 0 aliphatic heterocycles. The largest absolute Gasteiger partial charge is 0.496 e. The molecule has 0 aliphatic rings. The zero-order valence-corrected chi connectivity index (χ0v) is 8.87. The van der Waals surface area contributed by atoms with Gasteiger partial charge in [0.15, 0.2) is 6.29 Å². The molecule has 0 aliphatic carbocycles. The molecule has 0 radical (unpaired) electrons. The molecule has 7 heteroatoms. The van der Waals surface area contributed by atoms with Gasteiger partial charge in [0.1, 0.15) is 5.75 Å². The number of methoxy groups -OCH3 is 1. The van der Waals surface area contributed by atoms with Gasteiger partial charge in [-0.2, -0.15) is 0 Å². The molecule has 0 amide bonds. The maximum absolute atomic E-state index is 10.7. The number of ether oxygens (including phenoxy) is 1. The lowest BCUT2D eigenvalue weighted by atomic mass is 10.1. The van der Waals surface area contributed by atoms with E-state index in [1.165, 1.54) is 7.11 Å². The van der Waals surface area contributed by atoms with Crippen LogP contribution in [0.5, 0.6) is 5.75 Å². The second-order valence-corrected chi connectivity index (χ2v) is 3.17. The fourth-order valence-electron chi connectivity index (χ4n) is 1.37. The van der Waals surface area contributed by atoms with Gasteiger partial charge in [0.05, 0.1) is 24.0 Å². The third-order valence-electron chi connectivity index (χ3n) is 2.10. The summed E-state index contributed by atoms with van der Waals surface area (Å²) in [5, 5.41) is 19.3. The monoisotopic (exact) mass is 239 g/mol. The zero-order valence-electron chi connectivity index (χ0n) is 8.87. The first-order valence-electron chi connectivity index (χ1n) is 4.52. The van der Waals surface area contributed by atoms with Crippen LogP contribution in [0.2, 0.25) is 0 Å². The molecule has 0 atom stereocenters. The van der Waals surface area contributed by atoms with Crippen LogP contribution in [-0.4, -0.2) is 29.4 Å². The van der Waals surface area contributed by atoms with Crippen LogP contribution in [-0.2, 0) is 11.2 Å². The summed E-state index contributed by atoms with van der Waals surface area (Å²) in [6, 6.07) is 2.19. The van der Waals surface area contributed by atoms with Gasteiger partial charge in [-0.3, -0.25) is 19.7 Å². The van der Waals surface area contributed by atoms with E-state index in [4.69, 9.17) is 9.84 Å². The molecule has 1 rings (SSSR count). The van der Waals surface area contributed by atoms with E-state index in [9.17, 15) is 19.7 Å². The van der Waals surface area contributed by atoms with Crippen molar-refractivity contribution in [2.75, 3.05) is 7.11 Å². The first-order chi connectivity index (χ1) is 7.99. The highest BCUT2D eigenvalue weighted by molar-refractivity contribution is 5.83. The highest BCUT2D eigenvalue weighted by Gasteiger charge is 2.19. The van der Waals surface area contributed by atoms with Crippen LogP contribution in [0, 0.1) is 10.1 Å². The van der Waals surface area contributed by atoms with E-state index in [0.717, 1.165) is 12.1 Å². The van der Waals surface area contributed by atoms with E-state index in [1.807, 2.05) is 0 Å². The van der Waals surface area contributed by atoms with E-state index >= 15 is 0 Å². The molecular formula is C10H9NO6. The third-order valence-corrected chi connectivity index (χ3v) is 2.10. The Balaban J connectivity index is 3.38. The Labute approximate surface area is 95.8 Å². The summed E-state index contributed by atoms with van der Waals surface area (Å²) in [7, 11) is 1.29. The number of aldehydes is 1. The summed E-state index contributed by atoms with van der Waals surface area (Å²) in [6.07, 6.45) is -0.0889. The van der Waals surface area contributed by atoms with Gasteiger partial charge in [-0.05, 0) is 6.07 Å². The second kappa shape index (κ2) is 5.06. The van der Waals surface area contributed by atoms with Crippen LogP contribution in [0.15, 0.2) is 12.1 Å². The van der Waals surface area contributed by atoms with Crippen molar-refractivity contribution in [2.24, 2.45) is 0 Å². The molecule has 7 nitrogen and oxygen atoms in total. The SMILES string of the molecule is COc1cc(C=O)c([N+](=O)[O-])cc1CC(=O)O. The molecule has 0 heterocycles. The number of nitrogens with zero attached hydrogens (tertiary/aromatic N) is 1. The van der Waals surface area contributed by atoms with Gasteiger partial charge >= 0.3 is 5.97 Å². The summed E-state index contributed by atoms with van der Waals surface area (Å²) in [5.74, 6) is -1.00. The van der Waals surface area contributed by atoms with Gasteiger partial charge in [-0.15, -0.1) is 0 Å². The van der Waals surface area contributed by atoms with Crippen LogP contribution in [0.3, 0.4) is 0 Å². The van der Waals surface area contributed by atoms with Gasteiger partial charge in [-0.25, -0.2) is 0 Å². The summed E-state index contributed by atoms with van der Waals surface area (Å²) < 4.78 is 4.88. The van der Waals surface area contributed by atoms with Gasteiger partial charge < -0.3 is 9.84 Å². The van der Waals surface area contributed by atoms with Crippen molar-refractivity contribution in [3.8, 4) is 5.75 Å². The third kappa shape index (κ3) is 2.77. The van der Waals surface area contributed by atoms with E-state index < -0.39 is 23.0 Å². The second-order valence-electron chi connectivity index (χ2n) is 3.17. The Bertz CT molecular complexity index is 482. The predicted molar refractivity (Wildman–Crippen MR) is 56.4 cm³/mol. The average Bonchev–Trinajstić information content (AvgIpc) is 2.27. The van der Waals surface area contributed by atoms with E-state index in [-0.39, 0.29) is 16.9 Å². The highest BCUT2D eigenvalue weighted by Crippen LogP contribution is 2.28. The predicted octanol–water partition coefficient (Wildman–Crippen LogP) is 1.04. The molecule has 1 N–H and O–H groups in total. The Morgan fingerprint density at radius 1 is 1.59 bits per heavy atom. The fourth-order valence-corrected chi connectivity index (χ4v) is 1.37. The smallest absolute Gasteiger partial charge is 0.307 e. The number of nitro benzene ring substituents is 1. The van der Waals surface area contributed by atoms with Gasteiger partial charge in [0, 0.05) is 11.6 Å². The van der Waals surface area contributed by atoms with Crippen LogP contribution < -0.4 is 4.74 Å². The van der Waals surface area contributed by atoms with Crippen LogP contribution in [0.1, 0.15) is 15.9 Å². The maximum atomic E-state index is 10.7. The molecule has 0 spiro atoms. The number of carbonyl (C=O) groups excluding carboxylic acids is 1. The van der Waals surface area contributed by atoms with E-state index in [0.29, 0.717) is 6.29 Å².